The molecule has 0 fully saturated rings. The SMILES string of the molecule is CC1(C)c2ccccc2-c2c1ccc1c2Oc2c(cccc2-c2cccc3c2Oc2c(ccc4c2-c2ccccc2C4(C)C)S3)S1. The molecular weight excluding hydrogens is 601 g/mol. The van der Waals surface area contributed by atoms with E-state index >= 15 is 0 Å². The standard InChI is InChI=1S/C42H30O2S2/c1-41(2)27-15-7-5-11-25(27)35-29(41)19-21-33-39(35)43-37-23(13-9-17-31(37)45-33)24-14-10-18-32-38(24)44-40-34(46-32)22-20-30-36(40)26-12-6-8-16-28(26)42(30,3)4/h5-22H,1-4H3. The van der Waals surface area contributed by atoms with Crippen molar-refractivity contribution in [3.63, 3.8) is 0 Å². The lowest BCUT2D eigenvalue weighted by Gasteiger charge is -2.28. The van der Waals surface area contributed by atoms with Gasteiger partial charge in [-0.2, -0.15) is 0 Å². The van der Waals surface area contributed by atoms with E-state index in [0.717, 1.165) is 53.7 Å². The first-order valence-electron chi connectivity index (χ1n) is 15.8. The van der Waals surface area contributed by atoms with E-state index in [1.165, 1.54) is 44.5 Å². The molecule has 6 aromatic rings. The van der Waals surface area contributed by atoms with Crippen LogP contribution >= 0.6 is 23.5 Å². The molecule has 4 aliphatic rings. The fourth-order valence-electron chi connectivity index (χ4n) is 8.12. The second kappa shape index (κ2) is 9.12. The maximum Gasteiger partial charge on any atom is 0.149 e. The van der Waals surface area contributed by atoms with Gasteiger partial charge >= 0.3 is 0 Å². The van der Waals surface area contributed by atoms with Crippen LogP contribution in [0.4, 0.5) is 0 Å². The highest BCUT2D eigenvalue weighted by molar-refractivity contribution is 8.00. The molecule has 0 saturated carbocycles. The van der Waals surface area contributed by atoms with Gasteiger partial charge in [-0.1, -0.05) is 136 Å². The van der Waals surface area contributed by atoms with Crippen molar-refractivity contribution in [1.82, 2.24) is 0 Å². The summed E-state index contributed by atoms with van der Waals surface area (Å²) in [6.45, 7) is 9.27. The third-order valence-corrected chi connectivity index (χ3v) is 12.6. The summed E-state index contributed by atoms with van der Waals surface area (Å²) < 4.78 is 14.2. The van der Waals surface area contributed by atoms with Gasteiger partial charge in [-0.05, 0) is 57.6 Å². The smallest absolute Gasteiger partial charge is 0.149 e. The molecule has 2 aliphatic heterocycles. The molecule has 0 unspecified atom stereocenters. The Kier molecular flexibility index (Phi) is 5.31. The van der Waals surface area contributed by atoms with Crippen molar-refractivity contribution in [2.24, 2.45) is 0 Å². The van der Waals surface area contributed by atoms with E-state index in [4.69, 9.17) is 9.47 Å². The first kappa shape index (κ1) is 26.8. The van der Waals surface area contributed by atoms with E-state index in [2.05, 4.69) is 137 Å². The van der Waals surface area contributed by atoms with E-state index in [1.54, 1.807) is 23.5 Å². The van der Waals surface area contributed by atoms with Gasteiger partial charge in [-0.25, -0.2) is 0 Å². The summed E-state index contributed by atoms with van der Waals surface area (Å²) >= 11 is 3.59. The molecule has 0 bridgehead atoms. The predicted molar refractivity (Wildman–Crippen MR) is 188 cm³/mol. The summed E-state index contributed by atoms with van der Waals surface area (Å²) in [5.41, 5.74) is 12.3. The lowest BCUT2D eigenvalue weighted by molar-refractivity contribution is 0.450. The summed E-state index contributed by atoms with van der Waals surface area (Å²) in [4.78, 5) is 4.55. The van der Waals surface area contributed by atoms with Crippen molar-refractivity contribution < 1.29 is 9.47 Å². The maximum absolute atomic E-state index is 7.08. The number of fused-ring (bicyclic) bond motifs is 12. The summed E-state index contributed by atoms with van der Waals surface area (Å²) in [6, 6.07) is 39.6. The van der Waals surface area contributed by atoms with Crippen LogP contribution in [0.15, 0.2) is 129 Å². The van der Waals surface area contributed by atoms with E-state index in [-0.39, 0.29) is 10.8 Å². The summed E-state index contributed by atoms with van der Waals surface area (Å²) in [5, 5.41) is 0. The number of hydrogen-bond donors (Lipinski definition) is 0. The molecule has 0 aromatic heterocycles. The van der Waals surface area contributed by atoms with Crippen LogP contribution in [0, 0.1) is 0 Å². The third kappa shape index (κ3) is 3.41. The Balaban J connectivity index is 1.13. The van der Waals surface area contributed by atoms with E-state index < -0.39 is 0 Å². The van der Waals surface area contributed by atoms with Crippen LogP contribution < -0.4 is 9.47 Å². The van der Waals surface area contributed by atoms with Crippen LogP contribution in [-0.2, 0) is 10.8 Å². The molecule has 222 valence electrons. The van der Waals surface area contributed by atoms with Gasteiger partial charge in [0, 0.05) is 33.1 Å². The van der Waals surface area contributed by atoms with Crippen molar-refractivity contribution in [2.75, 3.05) is 0 Å². The first-order valence-corrected chi connectivity index (χ1v) is 17.5. The van der Waals surface area contributed by atoms with Crippen molar-refractivity contribution >= 4 is 23.5 Å². The summed E-state index contributed by atoms with van der Waals surface area (Å²) in [6.07, 6.45) is 0. The van der Waals surface area contributed by atoms with Gasteiger partial charge in [-0.3, -0.25) is 0 Å². The molecule has 0 spiro atoms. The Morgan fingerprint density at radius 3 is 1.22 bits per heavy atom. The molecule has 0 atom stereocenters. The highest BCUT2D eigenvalue weighted by Crippen LogP contribution is 2.62. The average molecular weight is 631 g/mol. The number of benzene rings is 6. The van der Waals surface area contributed by atoms with E-state index in [1.807, 2.05) is 0 Å². The zero-order valence-electron chi connectivity index (χ0n) is 26.0. The Hall–Kier alpha value is -4.38. The lowest BCUT2D eigenvalue weighted by Crippen LogP contribution is -2.15. The fraction of sp³-hybridized carbons (Fsp3) is 0.143. The van der Waals surface area contributed by atoms with Gasteiger partial charge in [0.25, 0.3) is 0 Å². The second-order valence-electron chi connectivity index (χ2n) is 13.6. The Morgan fingerprint density at radius 2 is 0.761 bits per heavy atom. The van der Waals surface area contributed by atoms with Gasteiger partial charge in [0.15, 0.2) is 0 Å². The monoisotopic (exact) mass is 630 g/mol. The minimum atomic E-state index is -0.0841. The van der Waals surface area contributed by atoms with Gasteiger partial charge in [-0.15, -0.1) is 0 Å². The molecule has 6 aromatic carbocycles. The van der Waals surface area contributed by atoms with Crippen LogP contribution in [0.3, 0.4) is 0 Å². The van der Waals surface area contributed by atoms with Crippen molar-refractivity contribution in [1.29, 1.82) is 0 Å². The molecule has 2 nitrogen and oxygen atoms in total. The molecule has 0 N–H and O–H groups in total. The summed E-state index contributed by atoms with van der Waals surface area (Å²) in [7, 11) is 0. The Morgan fingerprint density at radius 1 is 0.370 bits per heavy atom. The highest BCUT2D eigenvalue weighted by Gasteiger charge is 2.41. The Labute approximate surface area is 277 Å². The minimum absolute atomic E-state index is 0.0841. The summed E-state index contributed by atoms with van der Waals surface area (Å²) in [5.74, 6) is 3.71. The molecule has 0 radical (unpaired) electrons. The average Bonchev–Trinajstić information content (AvgIpc) is 3.46. The van der Waals surface area contributed by atoms with E-state index in [0.29, 0.717) is 0 Å². The number of para-hydroxylation sites is 2. The number of rotatable bonds is 1. The van der Waals surface area contributed by atoms with Crippen LogP contribution in [-0.4, -0.2) is 0 Å². The molecule has 0 amide bonds. The van der Waals surface area contributed by atoms with E-state index in [9.17, 15) is 0 Å². The van der Waals surface area contributed by atoms with Gasteiger partial charge in [0.2, 0.25) is 0 Å². The van der Waals surface area contributed by atoms with Gasteiger partial charge in [0.1, 0.15) is 23.0 Å². The van der Waals surface area contributed by atoms with Crippen molar-refractivity contribution in [3.05, 3.63) is 131 Å². The van der Waals surface area contributed by atoms with Crippen LogP contribution in [0.1, 0.15) is 49.9 Å². The van der Waals surface area contributed by atoms with Gasteiger partial charge < -0.3 is 9.47 Å². The largest absolute Gasteiger partial charge is 0.454 e. The maximum atomic E-state index is 7.08. The van der Waals surface area contributed by atoms with Crippen LogP contribution in [0.5, 0.6) is 23.0 Å². The molecule has 10 rings (SSSR count). The molecule has 2 heterocycles. The predicted octanol–water partition coefficient (Wildman–Crippen LogP) is 12.5. The normalized spacial score (nSPS) is 16.3. The minimum Gasteiger partial charge on any atom is -0.454 e. The molecule has 4 heteroatoms. The lowest BCUT2D eigenvalue weighted by atomic mass is 9.82. The number of hydrogen-bond acceptors (Lipinski definition) is 4. The van der Waals surface area contributed by atoms with Crippen LogP contribution in [0.25, 0.3) is 33.4 Å². The zero-order valence-corrected chi connectivity index (χ0v) is 27.7. The van der Waals surface area contributed by atoms with Crippen molar-refractivity contribution in [3.8, 4) is 56.4 Å². The second-order valence-corrected chi connectivity index (χ2v) is 15.8. The fourth-order valence-corrected chi connectivity index (χ4v) is 10.1. The highest BCUT2D eigenvalue weighted by atomic mass is 32.2. The third-order valence-electron chi connectivity index (χ3n) is 10.4. The zero-order chi connectivity index (χ0) is 30.9. The van der Waals surface area contributed by atoms with Crippen LogP contribution in [0.2, 0.25) is 0 Å². The first-order chi connectivity index (χ1) is 22.3. The molecule has 46 heavy (non-hydrogen) atoms. The number of ether oxygens (including phenoxy) is 2. The topological polar surface area (TPSA) is 18.5 Å². The molecule has 2 aliphatic carbocycles. The van der Waals surface area contributed by atoms with Gasteiger partial charge in [0.05, 0.1) is 19.6 Å². The molecule has 0 saturated heterocycles. The van der Waals surface area contributed by atoms with Crippen molar-refractivity contribution in [2.45, 2.75) is 58.1 Å². The molecular formula is C42H30O2S2. The Bertz CT molecular complexity index is 2170. The quantitative estimate of drug-likeness (QED) is 0.180.